The minimum Gasteiger partial charge on any atom is -0.330 e. The van der Waals surface area contributed by atoms with Crippen molar-refractivity contribution in [3.63, 3.8) is 0 Å². The highest BCUT2D eigenvalue weighted by molar-refractivity contribution is 6.36. The first-order chi connectivity index (χ1) is 14.3. The van der Waals surface area contributed by atoms with Gasteiger partial charge in [-0.1, -0.05) is 35.3 Å². The zero-order chi connectivity index (χ0) is 21.2. The van der Waals surface area contributed by atoms with Crippen molar-refractivity contribution in [3.05, 3.63) is 74.6 Å². The monoisotopic (exact) mass is 436 g/mol. The van der Waals surface area contributed by atoms with Gasteiger partial charge in [0.1, 0.15) is 5.65 Å². The number of H-pyrrole nitrogens is 1. The molecule has 0 saturated carbocycles. The van der Waals surface area contributed by atoms with Crippen LogP contribution in [0.15, 0.2) is 53.3 Å². The predicted molar refractivity (Wildman–Crippen MR) is 123 cm³/mol. The van der Waals surface area contributed by atoms with Crippen LogP contribution < -0.4 is 5.56 Å². The van der Waals surface area contributed by atoms with Crippen LogP contribution in [-0.2, 0) is 14.1 Å². The first-order valence-corrected chi connectivity index (χ1v) is 10.2. The SMILES string of the molecule is Cc1cc(-c2ccc3c(c2)c2cc(-c4ccc(Cl)cc4Cl)c(=O)n(C)c2n3C)n[nH]1. The summed E-state index contributed by atoms with van der Waals surface area (Å²) in [5, 5.41) is 10.4. The smallest absolute Gasteiger partial charge is 0.259 e. The Bertz CT molecular complexity index is 1520. The summed E-state index contributed by atoms with van der Waals surface area (Å²) in [5.74, 6) is 0. The van der Waals surface area contributed by atoms with Crippen LogP contribution in [0, 0.1) is 6.92 Å². The molecule has 150 valence electrons. The highest BCUT2D eigenvalue weighted by Crippen LogP contribution is 2.35. The molecule has 0 aliphatic rings. The van der Waals surface area contributed by atoms with Gasteiger partial charge >= 0.3 is 0 Å². The number of aryl methyl sites for hydroxylation is 3. The van der Waals surface area contributed by atoms with Gasteiger partial charge in [-0.3, -0.25) is 14.5 Å². The van der Waals surface area contributed by atoms with Crippen molar-refractivity contribution < 1.29 is 0 Å². The van der Waals surface area contributed by atoms with Crippen LogP contribution in [0.4, 0.5) is 0 Å². The van der Waals surface area contributed by atoms with Crippen molar-refractivity contribution in [2.24, 2.45) is 14.1 Å². The van der Waals surface area contributed by atoms with Gasteiger partial charge in [0, 0.05) is 52.3 Å². The molecule has 0 unspecified atom stereocenters. The number of pyridine rings is 1. The molecule has 5 rings (SSSR count). The highest BCUT2D eigenvalue weighted by Gasteiger charge is 2.18. The molecule has 0 bridgehead atoms. The second-order valence-electron chi connectivity index (χ2n) is 7.51. The maximum atomic E-state index is 13.2. The van der Waals surface area contributed by atoms with E-state index in [9.17, 15) is 4.79 Å². The number of benzene rings is 2. The molecule has 2 aromatic carbocycles. The van der Waals surface area contributed by atoms with E-state index < -0.39 is 0 Å². The number of halogens is 2. The Labute approximate surface area is 182 Å². The Balaban J connectivity index is 1.85. The van der Waals surface area contributed by atoms with Crippen molar-refractivity contribution in [3.8, 4) is 22.4 Å². The van der Waals surface area contributed by atoms with E-state index in [1.807, 2.05) is 36.7 Å². The standard InChI is InChI=1S/C23H18Cl2N4O/c1-12-8-20(27-26-12)13-4-7-21-16(9-13)17-11-18(15-6-5-14(24)10-19(15)25)23(30)29(3)22(17)28(21)2/h4-11H,1-3H3,(H,26,27). The molecular weight excluding hydrogens is 419 g/mol. The Morgan fingerprint density at radius 3 is 2.40 bits per heavy atom. The van der Waals surface area contributed by atoms with E-state index in [0.29, 0.717) is 21.2 Å². The van der Waals surface area contributed by atoms with Crippen LogP contribution in [0.5, 0.6) is 0 Å². The number of aromatic amines is 1. The lowest BCUT2D eigenvalue weighted by Gasteiger charge is -2.09. The van der Waals surface area contributed by atoms with Crippen LogP contribution in [-0.4, -0.2) is 19.3 Å². The lowest BCUT2D eigenvalue weighted by atomic mass is 10.0. The van der Waals surface area contributed by atoms with Crippen molar-refractivity contribution in [1.82, 2.24) is 19.3 Å². The van der Waals surface area contributed by atoms with E-state index in [4.69, 9.17) is 23.2 Å². The summed E-state index contributed by atoms with van der Waals surface area (Å²) in [6.07, 6.45) is 0. The Hall–Kier alpha value is -3.02. The Morgan fingerprint density at radius 1 is 0.900 bits per heavy atom. The summed E-state index contributed by atoms with van der Waals surface area (Å²) in [5.41, 5.74) is 5.89. The number of hydrogen-bond acceptors (Lipinski definition) is 2. The lowest BCUT2D eigenvalue weighted by molar-refractivity contribution is 0.846. The van der Waals surface area contributed by atoms with Crippen molar-refractivity contribution >= 4 is 45.1 Å². The zero-order valence-corrected chi connectivity index (χ0v) is 18.1. The number of nitrogens with one attached hydrogen (secondary N) is 1. The molecule has 0 amide bonds. The summed E-state index contributed by atoms with van der Waals surface area (Å²) in [6.45, 7) is 1.98. The largest absolute Gasteiger partial charge is 0.330 e. The van der Waals surface area contributed by atoms with Gasteiger partial charge in [-0.2, -0.15) is 5.10 Å². The average Bonchev–Trinajstić information content (AvgIpc) is 3.26. The van der Waals surface area contributed by atoms with E-state index >= 15 is 0 Å². The number of nitrogens with zero attached hydrogens (tertiary/aromatic N) is 3. The maximum Gasteiger partial charge on any atom is 0.259 e. The first-order valence-electron chi connectivity index (χ1n) is 9.45. The summed E-state index contributed by atoms with van der Waals surface area (Å²) in [7, 11) is 3.76. The highest BCUT2D eigenvalue weighted by atomic mass is 35.5. The molecule has 0 atom stereocenters. The van der Waals surface area contributed by atoms with Gasteiger partial charge in [-0.25, -0.2) is 0 Å². The van der Waals surface area contributed by atoms with Gasteiger partial charge in [0.15, 0.2) is 0 Å². The van der Waals surface area contributed by atoms with Crippen LogP contribution in [0.2, 0.25) is 10.0 Å². The van der Waals surface area contributed by atoms with Crippen LogP contribution in [0.1, 0.15) is 5.69 Å². The molecule has 0 aliphatic heterocycles. The van der Waals surface area contributed by atoms with Crippen LogP contribution >= 0.6 is 23.2 Å². The van der Waals surface area contributed by atoms with Gasteiger partial charge < -0.3 is 4.57 Å². The second-order valence-corrected chi connectivity index (χ2v) is 8.35. The summed E-state index contributed by atoms with van der Waals surface area (Å²) < 4.78 is 3.72. The quantitative estimate of drug-likeness (QED) is 0.385. The normalized spacial score (nSPS) is 11.6. The lowest BCUT2D eigenvalue weighted by Crippen LogP contribution is -2.20. The van der Waals surface area contributed by atoms with Crippen LogP contribution in [0.25, 0.3) is 44.3 Å². The first kappa shape index (κ1) is 19.0. The molecule has 1 N–H and O–H groups in total. The Morgan fingerprint density at radius 2 is 1.70 bits per heavy atom. The van der Waals surface area contributed by atoms with Crippen LogP contribution in [0.3, 0.4) is 0 Å². The minimum atomic E-state index is -0.110. The summed E-state index contributed by atoms with van der Waals surface area (Å²) in [6, 6.07) is 15.4. The van der Waals surface area contributed by atoms with Crippen molar-refractivity contribution in [2.45, 2.75) is 6.92 Å². The molecule has 0 saturated heterocycles. The maximum absolute atomic E-state index is 13.2. The van der Waals surface area contributed by atoms with E-state index in [0.717, 1.165) is 38.9 Å². The number of rotatable bonds is 2. The third-order valence-corrected chi connectivity index (χ3v) is 6.12. The molecule has 0 spiro atoms. The van der Waals surface area contributed by atoms with Gasteiger partial charge in [-0.15, -0.1) is 0 Å². The Kier molecular flexibility index (Phi) is 4.27. The third kappa shape index (κ3) is 2.77. The van der Waals surface area contributed by atoms with E-state index in [1.165, 1.54) is 0 Å². The average molecular weight is 437 g/mol. The van der Waals surface area contributed by atoms with Gasteiger partial charge in [0.25, 0.3) is 5.56 Å². The molecule has 30 heavy (non-hydrogen) atoms. The molecule has 5 nitrogen and oxygen atoms in total. The topological polar surface area (TPSA) is 55.6 Å². The fraction of sp³-hybridized carbons (Fsp3) is 0.130. The predicted octanol–water partition coefficient (Wildman–Crippen LogP) is 5.70. The van der Waals surface area contributed by atoms with Gasteiger partial charge in [-0.05, 0) is 43.3 Å². The molecule has 3 aromatic heterocycles. The number of fused-ring (bicyclic) bond motifs is 3. The molecule has 0 fully saturated rings. The summed E-state index contributed by atoms with van der Waals surface area (Å²) >= 11 is 12.5. The molecule has 0 radical (unpaired) electrons. The molecule has 5 aromatic rings. The van der Waals surface area contributed by atoms with E-state index in [2.05, 4.69) is 22.3 Å². The molecule has 7 heteroatoms. The van der Waals surface area contributed by atoms with Gasteiger partial charge in [0.05, 0.1) is 16.2 Å². The fourth-order valence-corrected chi connectivity index (χ4v) is 4.63. The van der Waals surface area contributed by atoms with Crippen molar-refractivity contribution in [1.29, 1.82) is 0 Å². The third-order valence-electron chi connectivity index (χ3n) is 5.57. The summed E-state index contributed by atoms with van der Waals surface area (Å²) in [4.78, 5) is 13.2. The number of aromatic nitrogens is 4. The zero-order valence-electron chi connectivity index (χ0n) is 16.6. The molecular formula is C23H18Cl2N4O. The minimum absolute atomic E-state index is 0.110. The fourth-order valence-electron chi connectivity index (χ4n) is 4.12. The van der Waals surface area contributed by atoms with Crippen molar-refractivity contribution in [2.75, 3.05) is 0 Å². The molecule has 0 aliphatic carbocycles. The second kappa shape index (κ2) is 6.76. The van der Waals surface area contributed by atoms with E-state index in [-0.39, 0.29) is 5.56 Å². The number of hydrogen-bond donors (Lipinski definition) is 1. The molecule has 3 heterocycles. The van der Waals surface area contributed by atoms with Gasteiger partial charge in [0.2, 0.25) is 0 Å². The van der Waals surface area contributed by atoms with E-state index in [1.54, 1.807) is 29.8 Å².